The number of nitrogens with zero attached hydrogens (tertiary/aromatic N) is 1. The van der Waals surface area contributed by atoms with Gasteiger partial charge in [0.2, 0.25) is 5.91 Å². The maximum Gasteiger partial charge on any atom is 0.416 e. The van der Waals surface area contributed by atoms with E-state index in [1.165, 1.54) is 4.90 Å². The maximum atomic E-state index is 16.3. The molecule has 2 amide bonds. The highest BCUT2D eigenvalue weighted by molar-refractivity contribution is 7.91. The van der Waals surface area contributed by atoms with E-state index in [2.05, 4.69) is 115 Å². The lowest BCUT2D eigenvalue weighted by molar-refractivity contribution is -0.169. The number of sulfone groups is 1. The molecule has 8 atom stereocenters. The molecule has 0 bridgehead atoms. The van der Waals surface area contributed by atoms with E-state index in [9.17, 15) is 13.2 Å². The van der Waals surface area contributed by atoms with Crippen molar-refractivity contribution in [1.82, 2.24) is 4.90 Å². The molecule has 4 rings (SSSR count). The fraction of sp³-hybridized carbons (Fsp3) is 0.724. The molecule has 1 aliphatic carbocycles. The quantitative estimate of drug-likeness (QED) is 0.0352. The first kappa shape index (κ1) is 64.3. The summed E-state index contributed by atoms with van der Waals surface area (Å²) in [6.07, 6.45) is 0.811. The van der Waals surface area contributed by atoms with E-state index in [0.717, 1.165) is 53.4 Å². The van der Waals surface area contributed by atoms with Gasteiger partial charge in [-0.2, -0.15) is 0 Å². The van der Waals surface area contributed by atoms with Crippen LogP contribution in [0.5, 0.6) is 0 Å². The monoisotopic (exact) mass is 1120 g/mol. The Labute approximate surface area is 454 Å². The van der Waals surface area contributed by atoms with Gasteiger partial charge in [0.1, 0.15) is 13.4 Å². The summed E-state index contributed by atoms with van der Waals surface area (Å²) in [5.41, 5.74) is 0.805. The van der Waals surface area contributed by atoms with Crippen LogP contribution in [0.2, 0.25) is 80.1 Å². The first-order chi connectivity index (χ1) is 34.6. The molecule has 2 aromatic rings. The highest BCUT2D eigenvalue weighted by atomic mass is 32.2. The largest absolute Gasteiger partial charge is 0.444 e. The van der Waals surface area contributed by atoms with Crippen LogP contribution in [0.3, 0.4) is 0 Å². The van der Waals surface area contributed by atoms with Crippen LogP contribution >= 0.6 is 0 Å². The summed E-state index contributed by atoms with van der Waals surface area (Å²) in [7, 11) is -12.8. The van der Waals surface area contributed by atoms with Crippen molar-refractivity contribution in [2.24, 2.45) is 29.1 Å². The Morgan fingerprint density at radius 3 is 1.88 bits per heavy atom. The first-order valence-electron chi connectivity index (χ1n) is 28.3. The molecule has 2 aliphatic rings. The predicted octanol–water partition coefficient (Wildman–Crippen LogP) is 14.8. The molecule has 1 saturated heterocycles. The van der Waals surface area contributed by atoms with E-state index in [0.29, 0.717) is 32.5 Å². The van der Waals surface area contributed by atoms with Crippen molar-refractivity contribution in [3.63, 3.8) is 0 Å². The van der Waals surface area contributed by atoms with E-state index in [1.807, 2.05) is 43.3 Å². The van der Waals surface area contributed by atoms with Gasteiger partial charge in [-0.15, -0.1) is 0 Å². The zero-order valence-corrected chi connectivity index (χ0v) is 54.0. The molecule has 1 spiro atoms. The van der Waals surface area contributed by atoms with Crippen molar-refractivity contribution >= 4 is 54.9 Å². The summed E-state index contributed by atoms with van der Waals surface area (Å²) in [6, 6.07) is 24.1. The van der Waals surface area contributed by atoms with E-state index < -0.39 is 84.5 Å². The van der Waals surface area contributed by atoms with Gasteiger partial charge in [-0.05, 0) is 121 Å². The molecule has 1 aliphatic heterocycles. The maximum absolute atomic E-state index is 16.3. The van der Waals surface area contributed by atoms with E-state index in [4.69, 9.17) is 27.5 Å². The number of ether oxygens (including phenoxy) is 3. The van der Waals surface area contributed by atoms with Crippen LogP contribution in [-0.2, 0) is 48.7 Å². The smallest absolute Gasteiger partial charge is 0.416 e. The third-order valence-corrected chi connectivity index (χ3v) is 35.1. The molecule has 1 fully saturated rings. The summed E-state index contributed by atoms with van der Waals surface area (Å²) in [5.74, 6) is -1.66. The van der Waals surface area contributed by atoms with Crippen LogP contribution in [-0.4, -0.2) is 109 Å². The van der Waals surface area contributed by atoms with Crippen LogP contribution in [0.25, 0.3) is 0 Å². The SMILES string of the molecule is CC[Si](CC)(CC)O[C@@H]([C@@H](O[Si](CC)(CC)CC)[C@H]1C=C(CO[Si](C)(C)C(C)(C)C)CC[C@@]12C[C@H](C)[C@@H](C)CN(C(=O)OCc1ccccc1)C2=O)[C@H](OCOCC[Si](C)(C)C)[C@H](C)CS(=O)(=O)c1ccccc1. The van der Waals surface area contributed by atoms with Crippen LogP contribution in [0.15, 0.2) is 77.2 Å². The minimum atomic E-state index is -3.82. The van der Waals surface area contributed by atoms with Gasteiger partial charge < -0.3 is 27.5 Å². The number of rotatable bonds is 28. The molecule has 0 saturated carbocycles. The van der Waals surface area contributed by atoms with Gasteiger partial charge in [-0.25, -0.2) is 18.1 Å². The lowest BCUT2D eigenvalue weighted by Crippen LogP contribution is -2.62. The molecule has 16 heteroatoms. The van der Waals surface area contributed by atoms with Gasteiger partial charge in [0.15, 0.2) is 34.8 Å². The van der Waals surface area contributed by atoms with Crippen molar-refractivity contribution in [3.05, 3.63) is 77.9 Å². The van der Waals surface area contributed by atoms with Crippen LogP contribution in [0.1, 0.15) is 108 Å². The van der Waals surface area contributed by atoms with Gasteiger partial charge in [0.05, 0.1) is 41.0 Å². The zero-order valence-electron chi connectivity index (χ0n) is 49.1. The zero-order chi connectivity index (χ0) is 55.3. The fourth-order valence-electron chi connectivity index (χ4n) is 10.7. The highest BCUT2D eigenvalue weighted by Gasteiger charge is 2.59. The second kappa shape index (κ2) is 27.6. The topological polar surface area (TPSA) is 127 Å². The predicted molar refractivity (Wildman–Crippen MR) is 313 cm³/mol. The number of carbonyl (C=O) groups is 2. The summed E-state index contributed by atoms with van der Waals surface area (Å²) in [6.45, 7) is 39.0. The van der Waals surface area contributed by atoms with E-state index >= 15 is 4.79 Å². The number of imide groups is 1. The lowest BCUT2D eigenvalue weighted by atomic mass is 9.60. The van der Waals surface area contributed by atoms with Crippen LogP contribution in [0, 0.1) is 29.1 Å². The average Bonchev–Trinajstić information content (AvgIpc) is 3.45. The number of likely N-dealkylation sites (tertiary alicyclic amines) is 1. The number of benzene rings is 2. The normalized spacial score (nSPS) is 22.2. The standard InChI is InChI=1S/C58H101NO10SSi4/c1-18-73(19-2,20-3)68-53(54(69-74(21-4,22-5)23-6)52(66-44-64-36-37-71(13,14)15)47(9)43-70(62,63)50-32-28-25-29-33-50)51-38-49(42-67-72(16,17)57(10,11)12)34-35-58(51)39-45(7)46(8)40-59(55(58)60)56(61)65-41-48-30-26-24-27-31-48/h24-33,38,45-47,51-54H,18-23,34-37,39-44H2,1-17H3/t45-,46-,47+,51+,52+,53-,54+,58+/m0/s1. The first-order valence-corrected chi connectivity index (χ1v) is 41.6. The van der Waals surface area contributed by atoms with Crippen LogP contribution in [0.4, 0.5) is 4.79 Å². The van der Waals surface area contributed by atoms with Crippen molar-refractivity contribution in [2.75, 3.05) is 32.3 Å². The molecule has 1 heterocycles. The molecule has 11 nitrogen and oxygen atoms in total. The minimum Gasteiger partial charge on any atom is -0.444 e. The minimum absolute atomic E-state index is 0.0229. The Morgan fingerprint density at radius 2 is 1.34 bits per heavy atom. The Kier molecular flexibility index (Phi) is 23.9. The Bertz CT molecular complexity index is 2180. The third-order valence-electron chi connectivity index (χ3n) is 17.7. The molecular weight excluding hydrogens is 1020 g/mol. The number of carbonyl (C=O) groups excluding carboxylic acids is 2. The van der Waals surface area contributed by atoms with E-state index in [-0.39, 0.29) is 53.4 Å². The summed E-state index contributed by atoms with van der Waals surface area (Å²) >= 11 is 0. The number of hydrogen-bond donors (Lipinski definition) is 0. The fourth-order valence-corrected chi connectivity index (χ4v) is 19.8. The number of hydrogen-bond acceptors (Lipinski definition) is 10. The Morgan fingerprint density at radius 1 is 0.784 bits per heavy atom. The van der Waals surface area contributed by atoms with Gasteiger partial charge >= 0.3 is 6.09 Å². The third kappa shape index (κ3) is 16.6. The Hall–Kier alpha value is -2.26. The van der Waals surface area contributed by atoms with Crippen molar-refractivity contribution in [1.29, 1.82) is 0 Å². The lowest BCUT2D eigenvalue weighted by Gasteiger charge is -2.52. The van der Waals surface area contributed by atoms with Gasteiger partial charge in [-0.1, -0.05) is 157 Å². The van der Waals surface area contributed by atoms with Crippen molar-refractivity contribution in [2.45, 2.75) is 212 Å². The van der Waals surface area contributed by atoms with Crippen molar-refractivity contribution in [3.8, 4) is 0 Å². The molecule has 74 heavy (non-hydrogen) atoms. The summed E-state index contributed by atoms with van der Waals surface area (Å²) < 4.78 is 71.9. The molecule has 2 aromatic carbocycles. The van der Waals surface area contributed by atoms with Gasteiger partial charge in [0.25, 0.3) is 0 Å². The Balaban J connectivity index is 2.12. The molecule has 0 radical (unpaired) electrons. The second-order valence-corrected chi connectivity index (χ2v) is 46.8. The molecule has 0 unspecified atom stereocenters. The molecular formula is C58H101NO10SSi4. The summed E-state index contributed by atoms with van der Waals surface area (Å²) in [5, 5.41) is -0.0300. The molecule has 420 valence electrons. The van der Waals surface area contributed by atoms with Gasteiger partial charge in [0, 0.05) is 27.1 Å². The van der Waals surface area contributed by atoms with Crippen LogP contribution < -0.4 is 0 Å². The van der Waals surface area contributed by atoms with Gasteiger partial charge in [-0.3, -0.25) is 4.79 Å². The van der Waals surface area contributed by atoms with Crippen molar-refractivity contribution < 1.29 is 45.5 Å². The molecule has 0 N–H and O–H groups in total. The number of amides is 2. The second-order valence-electron chi connectivity index (χ2n) is 24.9. The van der Waals surface area contributed by atoms with E-state index in [1.54, 1.807) is 24.3 Å². The summed E-state index contributed by atoms with van der Waals surface area (Å²) in [4.78, 5) is 32.7. The molecule has 0 aromatic heterocycles. The average molecular weight is 1120 g/mol. The highest BCUT2D eigenvalue weighted by Crippen LogP contribution is 2.54.